The van der Waals surface area contributed by atoms with Gasteiger partial charge in [0, 0.05) is 17.6 Å². The molecule has 2 aliphatic rings. The first-order valence-electron chi connectivity index (χ1n) is 10.1. The molecule has 1 aromatic heterocycles. The van der Waals surface area contributed by atoms with Gasteiger partial charge in [0.25, 0.3) is 0 Å². The lowest BCUT2D eigenvalue weighted by Crippen LogP contribution is -2.23. The van der Waals surface area contributed by atoms with Gasteiger partial charge in [-0.05, 0) is 56.6 Å². The molecule has 0 bridgehead atoms. The molecule has 5 nitrogen and oxygen atoms in total. The summed E-state index contributed by atoms with van der Waals surface area (Å²) in [5, 5.41) is 12.7. The fourth-order valence-corrected chi connectivity index (χ4v) is 4.30. The third kappa shape index (κ3) is 4.05. The van der Waals surface area contributed by atoms with Crippen molar-refractivity contribution in [1.82, 2.24) is 14.8 Å². The SMILES string of the molecule is CC[C@H](C)c1ccccc1NC(=O)[C@@H](C)Sc1nnc(C2CC2)n1C1CC1. The van der Waals surface area contributed by atoms with Crippen molar-refractivity contribution in [3.05, 3.63) is 35.7 Å². The highest BCUT2D eigenvalue weighted by Gasteiger charge is 2.37. The van der Waals surface area contributed by atoms with Crippen molar-refractivity contribution in [1.29, 1.82) is 0 Å². The van der Waals surface area contributed by atoms with Crippen LogP contribution in [0.1, 0.15) is 82.1 Å². The molecule has 1 N–H and O–H groups in total. The summed E-state index contributed by atoms with van der Waals surface area (Å²) in [6.45, 7) is 6.32. The molecule has 4 rings (SSSR count). The van der Waals surface area contributed by atoms with Crippen molar-refractivity contribution < 1.29 is 4.79 Å². The smallest absolute Gasteiger partial charge is 0.237 e. The lowest BCUT2D eigenvalue weighted by atomic mass is 9.97. The van der Waals surface area contributed by atoms with E-state index < -0.39 is 0 Å². The molecule has 2 aromatic rings. The highest BCUT2D eigenvalue weighted by atomic mass is 32.2. The van der Waals surface area contributed by atoms with E-state index in [1.165, 1.54) is 43.0 Å². The molecule has 0 saturated heterocycles. The van der Waals surface area contributed by atoms with Crippen molar-refractivity contribution in [3.63, 3.8) is 0 Å². The van der Waals surface area contributed by atoms with Gasteiger partial charge >= 0.3 is 0 Å². The third-order valence-electron chi connectivity index (χ3n) is 5.56. The Kier molecular flexibility index (Phi) is 5.26. The van der Waals surface area contributed by atoms with E-state index in [1.807, 2.05) is 25.1 Å². The first kappa shape index (κ1) is 18.5. The summed E-state index contributed by atoms with van der Waals surface area (Å²) in [5.41, 5.74) is 2.12. The Morgan fingerprint density at radius 1 is 1.22 bits per heavy atom. The fourth-order valence-electron chi connectivity index (χ4n) is 3.37. The number of hydrogen-bond acceptors (Lipinski definition) is 4. The summed E-state index contributed by atoms with van der Waals surface area (Å²) in [7, 11) is 0. The number of aromatic nitrogens is 3. The van der Waals surface area contributed by atoms with Gasteiger partial charge in [-0.1, -0.05) is 43.8 Å². The molecule has 1 amide bonds. The third-order valence-corrected chi connectivity index (χ3v) is 6.62. The van der Waals surface area contributed by atoms with Gasteiger partial charge in [-0.2, -0.15) is 0 Å². The van der Waals surface area contributed by atoms with Crippen molar-refractivity contribution in [2.75, 3.05) is 5.32 Å². The minimum absolute atomic E-state index is 0.0223. The number of carbonyl (C=O) groups excluding carboxylic acids is 1. The molecule has 1 aromatic carbocycles. The normalized spacial score (nSPS) is 18.9. The molecule has 1 heterocycles. The maximum Gasteiger partial charge on any atom is 0.237 e. The minimum atomic E-state index is -0.219. The summed E-state index contributed by atoms with van der Waals surface area (Å²) in [6, 6.07) is 8.65. The number of rotatable bonds is 8. The molecule has 6 heteroatoms. The number of carbonyl (C=O) groups is 1. The van der Waals surface area contributed by atoms with Crippen LogP contribution in [0.25, 0.3) is 0 Å². The number of benzene rings is 1. The van der Waals surface area contributed by atoms with Gasteiger partial charge in [0.15, 0.2) is 5.16 Å². The Morgan fingerprint density at radius 2 is 1.96 bits per heavy atom. The molecule has 0 spiro atoms. The summed E-state index contributed by atoms with van der Waals surface area (Å²) >= 11 is 1.53. The number of nitrogens with zero attached hydrogens (tertiary/aromatic N) is 3. The van der Waals surface area contributed by atoms with Gasteiger partial charge in [-0.3, -0.25) is 4.79 Å². The highest BCUT2D eigenvalue weighted by Crippen LogP contribution is 2.46. The van der Waals surface area contributed by atoms with Gasteiger partial charge in [-0.15, -0.1) is 10.2 Å². The van der Waals surface area contributed by atoms with Crippen molar-refractivity contribution in [2.24, 2.45) is 0 Å². The zero-order valence-corrected chi connectivity index (χ0v) is 17.1. The Morgan fingerprint density at radius 3 is 2.63 bits per heavy atom. The lowest BCUT2D eigenvalue weighted by Gasteiger charge is -2.18. The Hall–Kier alpha value is -1.82. The van der Waals surface area contributed by atoms with Crippen LogP contribution in [-0.2, 0) is 4.79 Å². The maximum absolute atomic E-state index is 12.8. The Labute approximate surface area is 165 Å². The Bertz CT molecular complexity index is 825. The molecule has 0 radical (unpaired) electrons. The van der Waals surface area contributed by atoms with E-state index in [-0.39, 0.29) is 11.2 Å². The van der Waals surface area contributed by atoms with Crippen LogP contribution in [0.15, 0.2) is 29.4 Å². The van der Waals surface area contributed by atoms with Gasteiger partial charge in [0.05, 0.1) is 5.25 Å². The molecule has 0 unspecified atom stereocenters. The zero-order valence-electron chi connectivity index (χ0n) is 16.3. The quantitative estimate of drug-likeness (QED) is 0.642. The van der Waals surface area contributed by atoms with Crippen LogP contribution >= 0.6 is 11.8 Å². The summed E-state index contributed by atoms with van der Waals surface area (Å²) in [5.74, 6) is 2.16. The molecule has 2 saturated carbocycles. The van der Waals surface area contributed by atoms with Crippen molar-refractivity contribution in [3.8, 4) is 0 Å². The fraction of sp³-hybridized carbons (Fsp3) is 0.571. The molecular weight excluding hydrogens is 356 g/mol. The van der Waals surface area contributed by atoms with E-state index >= 15 is 0 Å². The van der Waals surface area contributed by atoms with Crippen molar-refractivity contribution in [2.45, 2.75) is 81.2 Å². The first-order valence-corrected chi connectivity index (χ1v) is 11.0. The zero-order chi connectivity index (χ0) is 19.0. The molecule has 27 heavy (non-hydrogen) atoms. The van der Waals surface area contributed by atoms with Crippen LogP contribution in [0.2, 0.25) is 0 Å². The summed E-state index contributed by atoms with van der Waals surface area (Å²) < 4.78 is 2.30. The molecule has 144 valence electrons. The molecule has 2 aliphatic carbocycles. The highest BCUT2D eigenvalue weighted by molar-refractivity contribution is 8.00. The van der Waals surface area contributed by atoms with Gasteiger partial charge in [0.2, 0.25) is 5.91 Å². The summed E-state index contributed by atoms with van der Waals surface area (Å²) in [4.78, 5) is 12.8. The van der Waals surface area contributed by atoms with E-state index in [0.717, 1.165) is 23.1 Å². The standard InChI is InChI=1S/C21H28N4OS/c1-4-13(2)17-7-5-6-8-18(17)22-20(26)14(3)27-21-24-23-19(15-9-10-15)25(21)16-11-12-16/h5-8,13-16H,4,9-12H2,1-3H3,(H,22,26)/t13-,14+/m0/s1. The number of thioether (sulfide) groups is 1. The summed E-state index contributed by atoms with van der Waals surface area (Å²) in [6.07, 6.45) is 5.89. The van der Waals surface area contributed by atoms with Crippen LogP contribution in [0.3, 0.4) is 0 Å². The van der Waals surface area contributed by atoms with E-state index in [4.69, 9.17) is 0 Å². The maximum atomic E-state index is 12.8. The average molecular weight is 385 g/mol. The van der Waals surface area contributed by atoms with Crippen LogP contribution < -0.4 is 5.32 Å². The second-order valence-corrected chi connectivity index (χ2v) is 9.17. The molecular formula is C21H28N4OS. The monoisotopic (exact) mass is 384 g/mol. The minimum Gasteiger partial charge on any atom is -0.325 e. The number of anilines is 1. The van der Waals surface area contributed by atoms with Gasteiger partial charge < -0.3 is 9.88 Å². The topological polar surface area (TPSA) is 59.8 Å². The van der Waals surface area contributed by atoms with Crippen LogP contribution in [-0.4, -0.2) is 25.9 Å². The largest absolute Gasteiger partial charge is 0.325 e. The predicted molar refractivity (Wildman–Crippen MR) is 109 cm³/mol. The molecule has 2 atom stereocenters. The van der Waals surface area contributed by atoms with E-state index in [1.54, 1.807) is 0 Å². The van der Waals surface area contributed by atoms with E-state index in [2.05, 4.69) is 40.0 Å². The van der Waals surface area contributed by atoms with E-state index in [0.29, 0.717) is 17.9 Å². The Balaban J connectivity index is 1.46. The number of para-hydroxylation sites is 1. The van der Waals surface area contributed by atoms with Crippen LogP contribution in [0.5, 0.6) is 0 Å². The van der Waals surface area contributed by atoms with Crippen molar-refractivity contribution >= 4 is 23.4 Å². The number of amides is 1. The van der Waals surface area contributed by atoms with Gasteiger partial charge in [0.1, 0.15) is 5.82 Å². The lowest BCUT2D eigenvalue weighted by molar-refractivity contribution is -0.115. The molecule has 0 aliphatic heterocycles. The van der Waals surface area contributed by atoms with Crippen LogP contribution in [0.4, 0.5) is 5.69 Å². The average Bonchev–Trinajstić information content (AvgIpc) is 3.60. The first-order chi connectivity index (χ1) is 13.1. The van der Waals surface area contributed by atoms with E-state index in [9.17, 15) is 4.79 Å². The molecule has 2 fully saturated rings. The van der Waals surface area contributed by atoms with Crippen LogP contribution in [0, 0.1) is 0 Å². The number of nitrogens with one attached hydrogen (secondary N) is 1. The predicted octanol–water partition coefficient (Wildman–Crippen LogP) is 5.12. The second kappa shape index (κ2) is 7.66. The second-order valence-electron chi connectivity index (χ2n) is 7.86. The van der Waals surface area contributed by atoms with Gasteiger partial charge in [-0.25, -0.2) is 0 Å². The number of hydrogen-bond donors (Lipinski definition) is 1.